The first-order valence-corrected chi connectivity index (χ1v) is 12.9. The van der Waals surface area contributed by atoms with Crippen LogP contribution in [0.15, 0.2) is 0 Å². The van der Waals surface area contributed by atoms with Gasteiger partial charge >= 0.3 is 0 Å². The van der Waals surface area contributed by atoms with Crippen molar-refractivity contribution in [2.75, 3.05) is 119 Å². The van der Waals surface area contributed by atoms with Crippen molar-refractivity contribution < 1.29 is 14.2 Å². The summed E-state index contributed by atoms with van der Waals surface area (Å²) in [7, 11) is 1.78. The Morgan fingerprint density at radius 3 is 1.81 bits per heavy atom. The topological polar surface area (TPSA) is 52.7 Å². The molecule has 0 aromatic carbocycles. The van der Waals surface area contributed by atoms with Crippen LogP contribution >= 0.6 is 0 Å². The van der Waals surface area contributed by atoms with E-state index in [1.54, 1.807) is 7.11 Å². The van der Waals surface area contributed by atoms with Crippen LogP contribution in [0.3, 0.4) is 0 Å². The molecule has 3 aliphatic rings. The molecule has 3 aliphatic heterocycles. The Labute approximate surface area is 196 Å². The van der Waals surface area contributed by atoms with Crippen molar-refractivity contribution in [3.63, 3.8) is 0 Å². The lowest BCUT2D eigenvalue weighted by Crippen LogP contribution is -2.48. The molecule has 0 aromatic rings. The first-order chi connectivity index (χ1) is 15.7. The number of hydrogen-bond acceptors (Lipinski definition) is 8. The minimum atomic E-state index is 0.705. The summed E-state index contributed by atoms with van der Waals surface area (Å²) >= 11 is 0. The second-order valence-corrected chi connectivity index (χ2v) is 10.0. The number of likely N-dealkylation sites (tertiary alicyclic amines) is 2. The molecule has 0 spiro atoms. The van der Waals surface area contributed by atoms with Crippen molar-refractivity contribution in [2.45, 2.75) is 32.4 Å². The second-order valence-electron chi connectivity index (χ2n) is 10.0. The molecule has 32 heavy (non-hydrogen) atoms. The minimum Gasteiger partial charge on any atom is -0.383 e. The van der Waals surface area contributed by atoms with Crippen LogP contribution < -0.4 is 5.32 Å². The van der Waals surface area contributed by atoms with Gasteiger partial charge in [-0.3, -0.25) is 19.6 Å². The van der Waals surface area contributed by atoms with Gasteiger partial charge in [-0.05, 0) is 18.9 Å². The molecule has 3 rings (SSSR count). The molecule has 2 atom stereocenters. The molecule has 3 heterocycles. The summed E-state index contributed by atoms with van der Waals surface area (Å²) < 4.78 is 17.0. The molecule has 0 radical (unpaired) electrons. The maximum Gasteiger partial charge on any atom is 0.0594 e. The van der Waals surface area contributed by atoms with E-state index in [1.807, 2.05) is 0 Å². The molecule has 0 aliphatic carbocycles. The van der Waals surface area contributed by atoms with Crippen LogP contribution in [0.5, 0.6) is 0 Å². The Hall–Kier alpha value is -0.320. The van der Waals surface area contributed by atoms with Crippen molar-refractivity contribution >= 4 is 0 Å². The lowest BCUT2D eigenvalue weighted by Gasteiger charge is -2.35. The number of rotatable bonds is 17. The number of piperazine rings is 2. The highest BCUT2D eigenvalue weighted by atomic mass is 16.5. The smallest absolute Gasteiger partial charge is 0.0594 e. The number of fused-ring (bicyclic) bond motifs is 2. The Kier molecular flexibility index (Phi) is 12.2. The van der Waals surface area contributed by atoms with Crippen LogP contribution in [0.2, 0.25) is 0 Å². The predicted molar refractivity (Wildman–Crippen MR) is 129 cm³/mol. The van der Waals surface area contributed by atoms with Gasteiger partial charge in [0.25, 0.3) is 0 Å². The molecule has 8 nitrogen and oxygen atoms in total. The fourth-order valence-corrected chi connectivity index (χ4v) is 5.13. The third-order valence-electron chi connectivity index (χ3n) is 7.12. The maximum atomic E-state index is 5.99. The van der Waals surface area contributed by atoms with Crippen molar-refractivity contribution in [3.05, 3.63) is 0 Å². The highest BCUT2D eigenvalue weighted by Crippen LogP contribution is 2.29. The van der Waals surface area contributed by atoms with E-state index in [4.69, 9.17) is 14.2 Å². The molecule has 3 saturated heterocycles. The van der Waals surface area contributed by atoms with E-state index in [-0.39, 0.29) is 0 Å². The van der Waals surface area contributed by atoms with E-state index in [0.29, 0.717) is 5.92 Å². The zero-order valence-corrected chi connectivity index (χ0v) is 21.0. The van der Waals surface area contributed by atoms with Gasteiger partial charge < -0.3 is 19.5 Å². The number of hydrogen-bond donors (Lipinski definition) is 1. The quantitative estimate of drug-likeness (QED) is 0.314. The SMILES string of the molecule is COCCN1CCN(CCOCCN2C[C@@H]3C[C@H]2CN3CCOCCNCC(C)C)CC1. The van der Waals surface area contributed by atoms with E-state index in [2.05, 4.69) is 38.8 Å². The second kappa shape index (κ2) is 14.8. The number of nitrogens with one attached hydrogen (secondary N) is 1. The van der Waals surface area contributed by atoms with Crippen LogP contribution in [0.4, 0.5) is 0 Å². The molecule has 8 heteroatoms. The van der Waals surface area contributed by atoms with Crippen LogP contribution in [0.25, 0.3) is 0 Å². The molecule has 3 fully saturated rings. The van der Waals surface area contributed by atoms with Gasteiger partial charge in [-0.25, -0.2) is 0 Å². The van der Waals surface area contributed by atoms with Crippen LogP contribution in [0, 0.1) is 5.92 Å². The normalized spacial score (nSPS) is 25.5. The summed E-state index contributed by atoms with van der Waals surface area (Å²) in [5, 5.41) is 3.44. The zero-order chi connectivity index (χ0) is 22.6. The fraction of sp³-hybridized carbons (Fsp3) is 1.00. The van der Waals surface area contributed by atoms with Gasteiger partial charge in [-0.15, -0.1) is 0 Å². The summed E-state index contributed by atoms with van der Waals surface area (Å²) in [5.74, 6) is 0.705. The molecule has 2 bridgehead atoms. The molecule has 0 amide bonds. The molecular weight excluding hydrogens is 406 g/mol. The highest BCUT2D eigenvalue weighted by molar-refractivity contribution is 4.99. The van der Waals surface area contributed by atoms with Gasteiger partial charge in [-0.2, -0.15) is 0 Å². The van der Waals surface area contributed by atoms with Crippen LogP contribution in [-0.2, 0) is 14.2 Å². The lowest BCUT2D eigenvalue weighted by atomic mass is 10.2. The predicted octanol–water partition coefficient (Wildman–Crippen LogP) is 0.288. The molecule has 1 N–H and O–H groups in total. The number of ether oxygens (including phenoxy) is 3. The summed E-state index contributed by atoms with van der Waals surface area (Å²) in [6.07, 6.45) is 1.32. The van der Waals surface area contributed by atoms with Gasteiger partial charge in [-0.1, -0.05) is 13.8 Å². The van der Waals surface area contributed by atoms with Gasteiger partial charge in [0.15, 0.2) is 0 Å². The van der Waals surface area contributed by atoms with E-state index < -0.39 is 0 Å². The summed E-state index contributed by atoms with van der Waals surface area (Å²) in [6, 6.07) is 1.44. The van der Waals surface area contributed by atoms with Gasteiger partial charge in [0, 0.05) is 91.2 Å². The largest absolute Gasteiger partial charge is 0.383 e. The number of nitrogens with zero attached hydrogens (tertiary/aromatic N) is 4. The summed E-state index contributed by atoms with van der Waals surface area (Å²) in [5.41, 5.74) is 0. The van der Waals surface area contributed by atoms with Crippen molar-refractivity contribution in [1.82, 2.24) is 24.9 Å². The highest BCUT2D eigenvalue weighted by Gasteiger charge is 2.42. The van der Waals surface area contributed by atoms with Gasteiger partial charge in [0.05, 0.1) is 33.0 Å². The monoisotopic (exact) mass is 455 g/mol. The van der Waals surface area contributed by atoms with Crippen LogP contribution in [0.1, 0.15) is 20.3 Å². The summed E-state index contributed by atoms with van der Waals surface area (Å²) in [4.78, 5) is 10.3. The average Bonchev–Trinajstić information content (AvgIpc) is 3.37. The van der Waals surface area contributed by atoms with E-state index in [9.17, 15) is 0 Å². The van der Waals surface area contributed by atoms with Crippen molar-refractivity contribution in [2.24, 2.45) is 5.92 Å². The maximum absolute atomic E-state index is 5.99. The van der Waals surface area contributed by atoms with Gasteiger partial charge in [0.1, 0.15) is 0 Å². The van der Waals surface area contributed by atoms with Crippen LogP contribution in [-0.4, -0.2) is 150 Å². The van der Waals surface area contributed by atoms with E-state index >= 15 is 0 Å². The Morgan fingerprint density at radius 2 is 1.28 bits per heavy atom. The van der Waals surface area contributed by atoms with Gasteiger partial charge in [0.2, 0.25) is 0 Å². The summed E-state index contributed by atoms with van der Waals surface area (Å²) in [6.45, 7) is 22.0. The fourth-order valence-electron chi connectivity index (χ4n) is 5.13. The molecular formula is C24H49N5O3. The lowest BCUT2D eigenvalue weighted by molar-refractivity contribution is 0.0416. The first kappa shape index (κ1) is 26.3. The van der Waals surface area contributed by atoms with E-state index in [0.717, 1.165) is 111 Å². The molecule has 0 aromatic heterocycles. The van der Waals surface area contributed by atoms with Crippen molar-refractivity contribution in [1.29, 1.82) is 0 Å². The Morgan fingerprint density at radius 1 is 0.750 bits per heavy atom. The van der Waals surface area contributed by atoms with E-state index in [1.165, 1.54) is 19.5 Å². The molecule has 188 valence electrons. The first-order valence-electron chi connectivity index (χ1n) is 12.9. The average molecular weight is 456 g/mol. The third-order valence-corrected chi connectivity index (χ3v) is 7.12. The number of methoxy groups -OCH3 is 1. The molecule has 0 unspecified atom stereocenters. The van der Waals surface area contributed by atoms with Crippen molar-refractivity contribution in [3.8, 4) is 0 Å². The third kappa shape index (κ3) is 9.14. The Balaban J connectivity index is 1.14. The zero-order valence-electron chi connectivity index (χ0n) is 21.0. The minimum absolute atomic E-state index is 0.705. The Bertz CT molecular complexity index is 490. The standard InChI is InChI=1S/C24H49N5O3/c1-22(2)19-25-4-13-31-16-11-28-20-24-18-23(28)21-29(24)12-17-32-15-10-27-7-5-26(6-8-27)9-14-30-3/h22-25H,4-21H2,1-3H3/t23-,24-/m0/s1. The molecule has 0 saturated carbocycles.